The number of quaternary nitrogens is 2. The number of hydrogen-bond donors (Lipinski definition) is 3. The van der Waals surface area contributed by atoms with Gasteiger partial charge in [0.05, 0.1) is 11.8 Å². The quantitative estimate of drug-likeness (QED) is 0.550. The van der Waals surface area contributed by atoms with Gasteiger partial charge >= 0.3 is 0 Å². The van der Waals surface area contributed by atoms with E-state index in [1.54, 1.807) is 0 Å². The molecule has 2 saturated heterocycles. The number of nitrogens with one attached hydrogen (secondary N) is 3. The topological polar surface area (TPSA) is 75.4 Å². The normalized spacial score (nSPS) is 29.1. The highest BCUT2D eigenvalue weighted by Gasteiger charge is 2.49. The zero-order valence-electron chi connectivity index (χ0n) is 18.1. The number of para-hydroxylation sites is 1. The summed E-state index contributed by atoms with van der Waals surface area (Å²) in [7, 11) is 0. The van der Waals surface area contributed by atoms with Gasteiger partial charge in [0.15, 0.2) is 13.2 Å². The van der Waals surface area contributed by atoms with Crippen molar-refractivity contribution >= 4 is 23.4 Å². The number of piperazine rings is 1. The maximum atomic E-state index is 12.7. The fourth-order valence-electron chi connectivity index (χ4n) is 5.32. The van der Waals surface area contributed by atoms with E-state index in [4.69, 9.17) is 0 Å². The first-order valence-electron chi connectivity index (χ1n) is 11.3. The van der Waals surface area contributed by atoms with Gasteiger partial charge in [-0.25, -0.2) is 4.90 Å². The van der Waals surface area contributed by atoms with Crippen LogP contribution in [0.5, 0.6) is 0 Å². The van der Waals surface area contributed by atoms with Gasteiger partial charge in [0, 0.05) is 5.69 Å². The number of hydrogen-bond acceptors (Lipinski definition) is 3. The van der Waals surface area contributed by atoms with Crippen LogP contribution in [-0.4, -0.2) is 62.0 Å². The predicted molar refractivity (Wildman–Crippen MR) is 113 cm³/mol. The minimum Gasteiger partial charge on any atom is -0.321 e. The number of carbonyl (C=O) groups is 3. The van der Waals surface area contributed by atoms with Gasteiger partial charge < -0.3 is 15.1 Å². The van der Waals surface area contributed by atoms with Gasteiger partial charge in [-0.3, -0.25) is 14.4 Å². The number of rotatable bonds is 5. The van der Waals surface area contributed by atoms with E-state index in [9.17, 15) is 14.4 Å². The van der Waals surface area contributed by atoms with E-state index in [1.165, 1.54) is 14.7 Å². The average Bonchev–Trinajstić information content (AvgIpc) is 2.97. The third-order valence-corrected chi connectivity index (χ3v) is 7.13. The SMILES string of the molecule is Cc1cccc(C)c1NC(=O)C[NH+]1CC[NH+](CN2C(=O)[C@H]3CCCC[C@@H]3C2=O)CC1. The lowest BCUT2D eigenvalue weighted by atomic mass is 9.81. The van der Waals surface area contributed by atoms with Gasteiger partial charge in [-0.1, -0.05) is 31.0 Å². The Bertz CT molecular complexity index is 787. The number of aryl methyl sites for hydroxylation is 2. The summed E-state index contributed by atoms with van der Waals surface area (Å²) in [6.07, 6.45) is 3.86. The number of benzene rings is 1. The lowest BCUT2D eigenvalue weighted by molar-refractivity contribution is -1.01. The Kier molecular flexibility index (Phi) is 6.20. The molecule has 3 fully saturated rings. The van der Waals surface area contributed by atoms with Gasteiger partial charge in [0.1, 0.15) is 26.2 Å². The fourth-order valence-corrected chi connectivity index (χ4v) is 5.32. The second-order valence-electron chi connectivity index (χ2n) is 9.25. The number of anilines is 1. The molecule has 30 heavy (non-hydrogen) atoms. The first kappa shape index (κ1) is 21.0. The molecule has 0 spiro atoms. The fraction of sp³-hybridized carbons (Fsp3) is 0.609. The van der Waals surface area contributed by atoms with Crippen molar-refractivity contribution < 1.29 is 24.2 Å². The Hall–Kier alpha value is -2.25. The summed E-state index contributed by atoms with van der Waals surface area (Å²) in [5.41, 5.74) is 3.07. The van der Waals surface area contributed by atoms with Crippen molar-refractivity contribution in [1.29, 1.82) is 0 Å². The summed E-state index contributed by atoms with van der Waals surface area (Å²) in [4.78, 5) is 42.0. The van der Waals surface area contributed by atoms with Crippen LogP contribution >= 0.6 is 0 Å². The first-order valence-corrected chi connectivity index (χ1v) is 11.3. The van der Waals surface area contributed by atoms with Crippen molar-refractivity contribution in [3.63, 3.8) is 0 Å². The van der Waals surface area contributed by atoms with E-state index >= 15 is 0 Å². The van der Waals surface area contributed by atoms with Crippen LogP contribution in [0.4, 0.5) is 5.69 Å². The van der Waals surface area contributed by atoms with Gasteiger partial charge in [-0.2, -0.15) is 0 Å². The molecule has 1 aromatic carbocycles. The molecular formula is C23H34N4O3+2. The molecule has 2 atom stereocenters. The third-order valence-electron chi connectivity index (χ3n) is 7.13. The van der Waals surface area contributed by atoms with Gasteiger partial charge in [-0.15, -0.1) is 0 Å². The van der Waals surface area contributed by atoms with Gasteiger partial charge in [-0.05, 0) is 37.8 Å². The molecule has 7 nitrogen and oxygen atoms in total. The summed E-state index contributed by atoms with van der Waals surface area (Å²) < 4.78 is 0. The van der Waals surface area contributed by atoms with Crippen molar-refractivity contribution in [1.82, 2.24) is 4.90 Å². The van der Waals surface area contributed by atoms with Gasteiger partial charge in [0.25, 0.3) is 5.91 Å². The second-order valence-corrected chi connectivity index (χ2v) is 9.25. The molecule has 3 N–H and O–H groups in total. The minimum atomic E-state index is -0.0637. The number of carbonyl (C=O) groups excluding carboxylic acids is 3. The van der Waals surface area contributed by atoms with Crippen molar-refractivity contribution in [3.8, 4) is 0 Å². The molecule has 0 aromatic heterocycles. The smallest absolute Gasteiger partial charge is 0.279 e. The summed E-state index contributed by atoms with van der Waals surface area (Å²) in [6.45, 7) is 8.46. The standard InChI is InChI=1S/C23H32N4O3/c1-16-6-5-7-17(2)21(16)24-20(28)14-25-10-12-26(13-11-25)15-27-22(29)18-8-3-4-9-19(18)23(27)30/h5-7,18-19H,3-4,8-15H2,1-2H3,(H,24,28)/p+2/t18-,19-/m0/s1. The molecule has 162 valence electrons. The number of amides is 3. The molecule has 3 aliphatic rings. The summed E-state index contributed by atoms with van der Waals surface area (Å²) in [5, 5.41) is 3.07. The molecule has 1 saturated carbocycles. The second kappa shape index (κ2) is 8.86. The third kappa shape index (κ3) is 4.27. The summed E-state index contributed by atoms with van der Waals surface area (Å²) in [5.74, 6) is 0.0250. The monoisotopic (exact) mass is 414 g/mol. The minimum absolute atomic E-state index is 0.0415. The average molecular weight is 415 g/mol. The van der Waals surface area contributed by atoms with Crippen LogP contribution in [0.2, 0.25) is 0 Å². The van der Waals surface area contributed by atoms with E-state index in [2.05, 4.69) is 5.32 Å². The highest BCUT2D eigenvalue weighted by Crippen LogP contribution is 2.37. The number of fused-ring (bicyclic) bond motifs is 1. The van der Waals surface area contributed by atoms with Crippen molar-refractivity contribution in [2.45, 2.75) is 39.5 Å². The van der Waals surface area contributed by atoms with Crippen LogP contribution in [0.1, 0.15) is 36.8 Å². The molecule has 0 bridgehead atoms. The van der Waals surface area contributed by atoms with E-state index in [1.807, 2.05) is 32.0 Å². The first-order chi connectivity index (χ1) is 14.4. The largest absolute Gasteiger partial charge is 0.321 e. The van der Waals surface area contributed by atoms with Crippen molar-refractivity contribution in [2.24, 2.45) is 11.8 Å². The van der Waals surface area contributed by atoms with Crippen LogP contribution in [0, 0.1) is 25.7 Å². The van der Waals surface area contributed by atoms with E-state index in [0.29, 0.717) is 13.2 Å². The molecule has 4 rings (SSSR count). The molecule has 2 heterocycles. The highest BCUT2D eigenvalue weighted by molar-refractivity contribution is 6.05. The molecule has 3 amide bonds. The molecule has 1 aliphatic carbocycles. The number of nitrogens with zero attached hydrogens (tertiary/aromatic N) is 1. The van der Waals surface area contributed by atoms with Crippen molar-refractivity contribution in [2.75, 3.05) is 44.7 Å². The highest BCUT2D eigenvalue weighted by atomic mass is 16.2. The van der Waals surface area contributed by atoms with Crippen LogP contribution in [0.15, 0.2) is 18.2 Å². The maximum Gasteiger partial charge on any atom is 0.279 e. The van der Waals surface area contributed by atoms with Crippen LogP contribution < -0.4 is 15.1 Å². The predicted octanol–water partition coefficient (Wildman–Crippen LogP) is -0.842. The zero-order valence-corrected chi connectivity index (χ0v) is 18.1. The summed E-state index contributed by atoms with van der Waals surface area (Å²) in [6, 6.07) is 6.02. The van der Waals surface area contributed by atoms with E-state index in [0.717, 1.165) is 68.7 Å². The Balaban J connectivity index is 1.26. The molecule has 7 heteroatoms. The lowest BCUT2D eigenvalue weighted by Crippen LogP contribution is -3.29. The van der Waals surface area contributed by atoms with Crippen LogP contribution in [-0.2, 0) is 14.4 Å². The number of likely N-dealkylation sites (tertiary alicyclic amines) is 1. The zero-order chi connectivity index (χ0) is 21.3. The van der Waals surface area contributed by atoms with Gasteiger partial charge in [0.2, 0.25) is 11.8 Å². The van der Waals surface area contributed by atoms with Crippen LogP contribution in [0.3, 0.4) is 0 Å². The number of imide groups is 1. The van der Waals surface area contributed by atoms with Crippen LogP contribution in [0.25, 0.3) is 0 Å². The molecule has 0 unspecified atom stereocenters. The maximum absolute atomic E-state index is 12.7. The molecule has 0 radical (unpaired) electrons. The Morgan fingerprint density at radius 3 is 2.07 bits per heavy atom. The Labute approximate surface area is 178 Å². The molecule has 2 aliphatic heterocycles. The molecule has 1 aromatic rings. The van der Waals surface area contributed by atoms with E-state index < -0.39 is 0 Å². The Morgan fingerprint density at radius 1 is 0.967 bits per heavy atom. The van der Waals surface area contributed by atoms with Crippen molar-refractivity contribution in [3.05, 3.63) is 29.3 Å². The molecular weight excluding hydrogens is 380 g/mol. The Morgan fingerprint density at radius 2 is 1.50 bits per heavy atom. The van der Waals surface area contributed by atoms with E-state index in [-0.39, 0.29) is 29.6 Å². The lowest BCUT2D eigenvalue weighted by Gasteiger charge is -2.31. The summed E-state index contributed by atoms with van der Waals surface area (Å²) >= 11 is 0.